The molecule has 8 nitrogen and oxygen atoms in total. The summed E-state index contributed by atoms with van der Waals surface area (Å²) in [6.45, 7) is 5.99. The highest BCUT2D eigenvalue weighted by Crippen LogP contribution is 2.40. The van der Waals surface area contributed by atoms with Crippen LogP contribution in [0.4, 0.5) is 10.5 Å². The molecule has 1 saturated carbocycles. The Balaban J connectivity index is 1.59. The molecule has 2 heterocycles. The van der Waals surface area contributed by atoms with Crippen molar-refractivity contribution in [3.05, 3.63) is 30.0 Å². The molecule has 184 valence electrons. The maximum atomic E-state index is 13.6. The molecule has 2 fully saturated rings. The SMILES string of the molecule is Cn1c(C(=O)O)cc2cc(NC(=O)[C@@H]3[C@H](C4CCCCC4)CCN3C(=O)OC(C)(C)C)ccc21. The number of carboxylic acid groups (broad SMARTS) is 1. The van der Waals surface area contributed by atoms with Crippen molar-refractivity contribution in [3.8, 4) is 0 Å². The Labute approximate surface area is 200 Å². The number of anilines is 1. The van der Waals surface area contributed by atoms with Crippen molar-refractivity contribution in [1.82, 2.24) is 9.47 Å². The Bertz CT molecular complexity index is 1090. The first kappa shape index (κ1) is 24.1. The molecule has 2 aromatic rings. The van der Waals surface area contributed by atoms with Gasteiger partial charge < -0.3 is 19.7 Å². The summed E-state index contributed by atoms with van der Waals surface area (Å²) in [5.41, 5.74) is 0.897. The number of aromatic nitrogens is 1. The predicted molar refractivity (Wildman–Crippen MR) is 130 cm³/mol. The lowest BCUT2D eigenvalue weighted by atomic mass is 9.76. The highest BCUT2D eigenvalue weighted by molar-refractivity contribution is 6.00. The molecule has 1 aromatic heterocycles. The average molecular weight is 470 g/mol. The molecule has 1 aliphatic heterocycles. The van der Waals surface area contributed by atoms with Gasteiger partial charge in [-0.1, -0.05) is 32.1 Å². The van der Waals surface area contributed by atoms with E-state index < -0.39 is 23.7 Å². The summed E-state index contributed by atoms with van der Waals surface area (Å²) in [4.78, 5) is 39.7. The van der Waals surface area contributed by atoms with Crippen LogP contribution < -0.4 is 5.32 Å². The van der Waals surface area contributed by atoms with Crippen LogP contribution in [-0.2, 0) is 16.6 Å². The summed E-state index contributed by atoms with van der Waals surface area (Å²) in [6, 6.07) is 6.37. The number of hydrogen-bond acceptors (Lipinski definition) is 4. The zero-order chi connectivity index (χ0) is 24.6. The van der Waals surface area contributed by atoms with Gasteiger partial charge in [0, 0.05) is 30.2 Å². The summed E-state index contributed by atoms with van der Waals surface area (Å²) in [7, 11) is 1.70. The van der Waals surface area contributed by atoms with Crippen LogP contribution >= 0.6 is 0 Å². The minimum atomic E-state index is -1.00. The predicted octanol–water partition coefficient (Wildman–Crippen LogP) is 5.02. The number of benzene rings is 1. The molecule has 1 aromatic carbocycles. The number of carbonyl (C=O) groups excluding carboxylic acids is 2. The van der Waals surface area contributed by atoms with Gasteiger partial charge in [0.2, 0.25) is 5.91 Å². The van der Waals surface area contributed by atoms with Crippen molar-refractivity contribution in [2.75, 3.05) is 11.9 Å². The van der Waals surface area contributed by atoms with E-state index in [0.29, 0.717) is 18.2 Å². The third-order valence-electron chi connectivity index (χ3n) is 7.13. The van der Waals surface area contributed by atoms with E-state index in [9.17, 15) is 19.5 Å². The van der Waals surface area contributed by atoms with E-state index >= 15 is 0 Å². The van der Waals surface area contributed by atoms with Gasteiger partial charge in [-0.25, -0.2) is 9.59 Å². The molecular weight excluding hydrogens is 434 g/mol. The number of nitrogens with one attached hydrogen (secondary N) is 1. The zero-order valence-electron chi connectivity index (χ0n) is 20.5. The fourth-order valence-corrected chi connectivity index (χ4v) is 5.58. The number of likely N-dealkylation sites (tertiary alicyclic amines) is 1. The monoisotopic (exact) mass is 469 g/mol. The lowest BCUT2D eigenvalue weighted by Crippen LogP contribution is -2.49. The van der Waals surface area contributed by atoms with Crippen LogP contribution in [0.1, 0.15) is 69.8 Å². The molecule has 0 unspecified atom stereocenters. The number of nitrogens with zero attached hydrogens (tertiary/aromatic N) is 2. The van der Waals surface area contributed by atoms with Crippen LogP contribution in [0.2, 0.25) is 0 Å². The van der Waals surface area contributed by atoms with Crippen LogP contribution in [-0.4, -0.2) is 50.7 Å². The number of hydrogen-bond donors (Lipinski definition) is 2. The molecule has 4 rings (SSSR count). The third kappa shape index (κ3) is 4.91. The van der Waals surface area contributed by atoms with Gasteiger partial charge in [0.05, 0.1) is 0 Å². The molecule has 2 N–H and O–H groups in total. The van der Waals surface area contributed by atoms with Crippen LogP contribution in [0.3, 0.4) is 0 Å². The van der Waals surface area contributed by atoms with Crippen LogP contribution in [0.5, 0.6) is 0 Å². The van der Waals surface area contributed by atoms with E-state index in [2.05, 4.69) is 5.32 Å². The summed E-state index contributed by atoms with van der Waals surface area (Å²) in [6.07, 6.45) is 6.08. The third-order valence-corrected chi connectivity index (χ3v) is 7.13. The topological polar surface area (TPSA) is 101 Å². The normalized spacial score (nSPS) is 21.6. The summed E-state index contributed by atoms with van der Waals surface area (Å²) < 4.78 is 7.25. The Hall–Kier alpha value is -3.03. The van der Waals surface area contributed by atoms with Crippen molar-refractivity contribution >= 4 is 34.6 Å². The minimum absolute atomic E-state index is 0.104. The molecule has 8 heteroatoms. The number of rotatable bonds is 4. The molecule has 0 bridgehead atoms. The van der Waals surface area contributed by atoms with E-state index in [0.717, 1.165) is 30.2 Å². The Morgan fingerprint density at radius 1 is 1.06 bits per heavy atom. The number of carbonyl (C=O) groups is 3. The number of aromatic carboxylic acids is 1. The van der Waals surface area contributed by atoms with Gasteiger partial charge in [-0.3, -0.25) is 9.69 Å². The highest BCUT2D eigenvalue weighted by atomic mass is 16.6. The number of fused-ring (bicyclic) bond motifs is 1. The van der Waals surface area contributed by atoms with Crippen LogP contribution in [0.25, 0.3) is 10.9 Å². The van der Waals surface area contributed by atoms with E-state index in [-0.39, 0.29) is 17.5 Å². The van der Waals surface area contributed by atoms with E-state index in [1.54, 1.807) is 40.8 Å². The summed E-state index contributed by atoms with van der Waals surface area (Å²) >= 11 is 0. The zero-order valence-corrected chi connectivity index (χ0v) is 20.5. The fraction of sp³-hybridized carbons (Fsp3) is 0.577. The second-order valence-electron chi connectivity index (χ2n) is 10.6. The number of ether oxygens (including phenoxy) is 1. The molecule has 2 amide bonds. The first-order valence-corrected chi connectivity index (χ1v) is 12.2. The number of carboxylic acids is 1. The molecule has 0 spiro atoms. The molecular formula is C26H35N3O5. The molecule has 1 saturated heterocycles. The lowest BCUT2D eigenvalue weighted by molar-refractivity contribution is -0.122. The van der Waals surface area contributed by atoms with Crippen LogP contribution in [0, 0.1) is 11.8 Å². The molecule has 2 aliphatic rings. The summed E-state index contributed by atoms with van der Waals surface area (Å²) in [5, 5.41) is 13.1. The van der Waals surface area contributed by atoms with E-state index in [1.807, 2.05) is 20.8 Å². The lowest BCUT2D eigenvalue weighted by Gasteiger charge is -2.34. The standard InChI is InChI=1S/C26H35N3O5/c1-26(2,3)34-25(33)29-13-12-19(16-8-6-5-7-9-16)22(29)23(30)27-18-10-11-20-17(14-18)15-21(24(31)32)28(20)4/h10-11,14-16,19,22H,5-9,12-13H2,1-4H3,(H,27,30)(H,31,32)/t19-,22-/m0/s1. The van der Waals surface area contributed by atoms with Gasteiger partial charge in [-0.2, -0.15) is 0 Å². The van der Waals surface area contributed by atoms with Gasteiger partial charge in [-0.05, 0) is 63.3 Å². The first-order valence-electron chi connectivity index (χ1n) is 12.2. The quantitative estimate of drug-likeness (QED) is 0.655. The molecule has 2 atom stereocenters. The smallest absolute Gasteiger partial charge is 0.410 e. The van der Waals surface area contributed by atoms with Crippen LogP contribution in [0.15, 0.2) is 24.3 Å². The van der Waals surface area contributed by atoms with Crippen molar-refractivity contribution in [2.24, 2.45) is 18.9 Å². The fourth-order valence-electron chi connectivity index (χ4n) is 5.58. The van der Waals surface area contributed by atoms with Gasteiger partial charge in [0.15, 0.2) is 0 Å². The van der Waals surface area contributed by atoms with Gasteiger partial charge in [-0.15, -0.1) is 0 Å². The van der Waals surface area contributed by atoms with Gasteiger partial charge >= 0.3 is 12.1 Å². The second kappa shape index (κ2) is 9.31. The molecule has 0 radical (unpaired) electrons. The Morgan fingerprint density at radius 3 is 2.41 bits per heavy atom. The minimum Gasteiger partial charge on any atom is -0.477 e. The van der Waals surface area contributed by atoms with Gasteiger partial charge in [0.25, 0.3) is 0 Å². The van der Waals surface area contributed by atoms with E-state index in [1.165, 1.54) is 19.3 Å². The maximum Gasteiger partial charge on any atom is 0.410 e. The first-order chi connectivity index (χ1) is 16.0. The summed E-state index contributed by atoms with van der Waals surface area (Å²) in [5.74, 6) is -0.690. The number of amides is 2. The second-order valence-corrected chi connectivity index (χ2v) is 10.6. The average Bonchev–Trinajstić information content (AvgIpc) is 3.35. The Kier molecular flexibility index (Phi) is 6.60. The molecule has 1 aliphatic carbocycles. The van der Waals surface area contributed by atoms with Gasteiger partial charge in [0.1, 0.15) is 17.3 Å². The van der Waals surface area contributed by atoms with Crippen molar-refractivity contribution < 1.29 is 24.2 Å². The van der Waals surface area contributed by atoms with Crippen molar-refractivity contribution in [1.29, 1.82) is 0 Å². The van der Waals surface area contributed by atoms with E-state index in [4.69, 9.17) is 4.74 Å². The largest absolute Gasteiger partial charge is 0.477 e. The maximum absolute atomic E-state index is 13.6. The Morgan fingerprint density at radius 2 is 1.76 bits per heavy atom. The highest BCUT2D eigenvalue weighted by Gasteiger charge is 2.46. The molecule has 34 heavy (non-hydrogen) atoms. The van der Waals surface area contributed by atoms with Crippen molar-refractivity contribution in [3.63, 3.8) is 0 Å². The van der Waals surface area contributed by atoms with Crippen molar-refractivity contribution in [2.45, 2.75) is 70.9 Å². The number of aryl methyl sites for hydroxylation is 1.